The normalized spacial score (nSPS) is 12.3. The van der Waals surface area contributed by atoms with Crippen molar-refractivity contribution in [3.8, 4) is 5.75 Å². The number of hydrogen-bond acceptors (Lipinski definition) is 6. The molecule has 0 aliphatic rings. The summed E-state index contributed by atoms with van der Waals surface area (Å²) in [4.78, 5) is 36.2. The lowest BCUT2D eigenvalue weighted by atomic mass is 9.96. The molecule has 2 unspecified atom stereocenters. The molecule has 0 aliphatic carbocycles. The number of nitrogens with one attached hydrogen (secondary N) is 1. The van der Waals surface area contributed by atoms with Gasteiger partial charge in [0.05, 0.1) is 5.92 Å². The number of amides is 1. The smallest absolute Gasteiger partial charge is 0.410 e. The van der Waals surface area contributed by atoms with Gasteiger partial charge in [-0.3, -0.25) is 9.59 Å². The second-order valence-electron chi connectivity index (χ2n) is 7.19. The van der Waals surface area contributed by atoms with E-state index >= 15 is 0 Å². The van der Waals surface area contributed by atoms with Crippen LogP contribution < -0.4 is 10.1 Å². The number of hydrogen-bond donors (Lipinski definition) is 1. The number of carbonyl (C=O) groups is 3. The van der Waals surface area contributed by atoms with Gasteiger partial charge in [0.15, 0.2) is 0 Å². The third-order valence-electron chi connectivity index (χ3n) is 4.48. The number of carbonyl (C=O) groups excluding carboxylic acids is 3. The standard InChI is InChI=1S/C24H28ClNO6/c1-3-7-22(27)30-17(2)31-24(29)26-15-14-19(16-18-8-5-4-6-9-18)23(28)32-21-12-10-20(25)11-13-21/h4-6,8-13,17,19H,3,7,14-16H2,1-2H3,(H,26,29). The molecule has 0 heterocycles. The summed E-state index contributed by atoms with van der Waals surface area (Å²) in [7, 11) is 0. The van der Waals surface area contributed by atoms with E-state index in [1.807, 2.05) is 37.3 Å². The Bertz CT molecular complexity index is 872. The average molecular weight is 462 g/mol. The number of rotatable bonds is 11. The van der Waals surface area contributed by atoms with E-state index in [1.165, 1.54) is 6.92 Å². The summed E-state index contributed by atoms with van der Waals surface area (Å²) in [5, 5.41) is 3.13. The maximum atomic E-state index is 12.8. The number of halogens is 1. The molecule has 2 atom stereocenters. The van der Waals surface area contributed by atoms with E-state index < -0.39 is 30.2 Å². The van der Waals surface area contributed by atoms with Crippen molar-refractivity contribution in [2.45, 2.75) is 45.8 Å². The Balaban J connectivity index is 1.90. The van der Waals surface area contributed by atoms with Crippen LogP contribution in [0.5, 0.6) is 5.75 Å². The molecule has 1 N–H and O–H groups in total. The summed E-state index contributed by atoms with van der Waals surface area (Å²) < 4.78 is 15.5. The largest absolute Gasteiger partial charge is 0.426 e. The Morgan fingerprint density at radius 3 is 2.34 bits per heavy atom. The van der Waals surface area contributed by atoms with Crippen LogP contribution in [0.1, 0.15) is 38.7 Å². The van der Waals surface area contributed by atoms with Gasteiger partial charge in [0.25, 0.3) is 0 Å². The van der Waals surface area contributed by atoms with Crippen LogP contribution in [0.25, 0.3) is 0 Å². The predicted octanol–water partition coefficient (Wildman–Crippen LogP) is 4.91. The van der Waals surface area contributed by atoms with Crippen molar-refractivity contribution in [3.05, 3.63) is 65.2 Å². The van der Waals surface area contributed by atoms with Gasteiger partial charge in [0.1, 0.15) is 5.75 Å². The van der Waals surface area contributed by atoms with E-state index in [9.17, 15) is 14.4 Å². The van der Waals surface area contributed by atoms with Crippen molar-refractivity contribution in [1.82, 2.24) is 5.32 Å². The number of alkyl carbamates (subject to hydrolysis) is 1. The second kappa shape index (κ2) is 13.4. The molecule has 7 nitrogen and oxygen atoms in total. The van der Waals surface area contributed by atoms with E-state index in [2.05, 4.69) is 5.32 Å². The van der Waals surface area contributed by atoms with Crippen LogP contribution in [0, 0.1) is 5.92 Å². The Hall–Kier alpha value is -3.06. The van der Waals surface area contributed by atoms with Crippen LogP contribution in [0.2, 0.25) is 5.02 Å². The van der Waals surface area contributed by atoms with Crippen LogP contribution in [-0.2, 0) is 25.5 Å². The zero-order chi connectivity index (χ0) is 23.3. The van der Waals surface area contributed by atoms with E-state index in [4.69, 9.17) is 25.8 Å². The molecule has 0 spiro atoms. The number of esters is 2. The van der Waals surface area contributed by atoms with E-state index in [0.717, 1.165) is 5.56 Å². The molecule has 2 aromatic carbocycles. The third kappa shape index (κ3) is 9.39. The number of ether oxygens (including phenoxy) is 3. The lowest BCUT2D eigenvalue weighted by Gasteiger charge is -2.17. The molecular weight excluding hydrogens is 434 g/mol. The summed E-state index contributed by atoms with van der Waals surface area (Å²) in [6.07, 6.45) is -0.0377. The summed E-state index contributed by atoms with van der Waals surface area (Å²) in [5.74, 6) is -0.936. The quantitative estimate of drug-likeness (QED) is 0.290. The summed E-state index contributed by atoms with van der Waals surface area (Å²) in [6, 6.07) is 16.1. The molecule has 0 aromatic heterocycles. The van der Waals surface area contributed by atoms with Gasteiger partial charge in [-0.25, -0.2) is 4.79 Å². The lowest BCUT2D eigenvalue weighted by Crippen LogP contribution is -2.33. The Kier molecular flexibility index (Phi) is 10.5. The fourth-order valence-corrected chi connectivity index (χ4v) is 3.04. The topological polar surface area (TPSA) is 90.9 Å². The van der Waals surface area contributed by atoms with Crippen LogP contribution in [-0.4, -0.2) is 30.9 Å². The SMILES string of the molecule is CCCC(=O)OC(C)OC(=O)NCCC(Cc1ccccc1)C(=O)Oc1ccc(Cl)cc1. The highest BCUT2D eigenvalue weighted by Gasteiger charge is 2.22. The zero-order valence-corrected chi connectivity index (χ0v) is 19.0. The minimum absolute atomic E-state index is 0.182. The van der Waals surface area contributed by atoms with Crippen molar-refractivity contribution in [1.29, 1.82) is 0 Å². The van der Waals surface area contributed by atoms with Crippen molar-refractivity contribution < 1.29 is 28.6 Å². The maximum Gasteiger partial charge on any atom is 0.410 e. The van der Waals surface area contributed by atoms with Gasteiger partial charge >= 0.3 is 18.0 Å². The minimum Gasteiger partial charge on any atom is -0.426 e. The Morgan fingerprint density at radius 1 is 1.00 bits per heavy atom. The summed E-state index contributed by atoms with van der Waals surface area (Å²) >= 11 is 5.88. The summed E-state index contributed by atoms with van der Waals surface area (Å²) in [5.41, 5.74) is 0.976. The van der Waals surface area contributed by atoms with Crippen molar-refractivity contribution in [3.63, 3.8) is 0 Å². The molecular formula is C24H28ClNO6. The minimum atomic E-state index is -0.996. The molecule has 0 saturated heterocycles. The third-order valence-corrected chi connectivity index (χ3v) is 4.73. The Labute approximate surface area is 193 Å². The van der Waals surface area contributed by atoms with Gasteiger partial charge in [0, 0.05) is 24.9 Å². The van der Waals surface area contributed by atoms with Crippen LogP contribution in [0.4, 0.5) is 4.79 Å². The predicted molar refractivity (Wildman–Crippen MR) is 120 cm³/mol. The van der Waals surface area contributed by atoms with Crippen LogP contribution in [0.15, 0.2) is 54.6 Å². The summed E-state index contributed by atoms with van der Waals surface area (Å²) in [6.45, 7) is 3.50. The molecule has 1 amide bonds. The molecule has 2 rings (SSSR count). The fourth-order valence-electron chi connectivity index (χ4n) is 2.92. The highest BCUT2D eigenvalue weighted by atomic mass is 35.5. The highest BCUT2D eigenvalue weighted by Crippen LogP contribution is 2.19. The fraction of sp³-hybridized carbons (Fsp3) is 0.375. The highest BCUT2D eigenvalue weighted by molar-refractivity contribution is 6.30. The first-order valence-electron chi connectivity index (χ1n) is 10.5. The van der Waals surface area contributed by atoms with Gasteiger partial charge in [-0.05, 0) is 49.1 Å². The van der Waals surface area contributed by atoms with Gasteiger partial charge in [-0.2, -0.15) is 0 Å². The van der Waals surface area contributed by atoms with Gasteiger partial charge in [-0.1, -0.05) is 48.9 Å². The Morgan fingerprint density at radius 2 is 1.69 bits per heavy atom. The van der Waals surface area contributed by atoms with Crippen molar-refractivity contribution >= 4 is 29.6 Å². The molecule has 2 aromatic rings. The first-order chi connectivity index (χ1) is 15.4. The van der Waals surface area contributed by atoms with E-state index in [1.54, 1.807) is 24.3 Å². The molecule has 0 fully saturated rings. The van der Waals surface area contributed by atoms with Gasteiger partial charge < -0.3 is 19.5 Å². The first-order valence-corrected chi connectivity index (χ1v) is 10.9. The molecule has 0 radical (unpaired) electrons. The molecule has 8 heteroatoms. The molecule has 0 aliphatic heterocycles. The van der Waals surface area contributed by atoms with Crippen LogP contribution >= 0.6 is 11.6 Å². The van der Waals surface area contributed by atoms with Gasteiger partial charge in [-0.15, -0.1) is 0 Å². The van der Waals surface area contributed by atoms with E-state index in [0.29, 0.717) is 30.0 Å². The van der Waals surface area contributed by atoms with Crippen LogP contribution in [0.3, 0.4) is 0 Å². The second-order valence-corrected chi connectivity index (χ2v) is 7.63. The molecule has 32 heavy (non-hydrogen) atoms. The van der Waals surface area contributed by atoms with Crippen molar-refractivity contribution in [2.24, 2.45) is 5.92 Å². The first kappa shape index (κ1) is 25.2. The van der Waals surface area contributed by atoms with Crippen molar-refractivity contribution in [2.75, 3.05) is 6.54 Å². The monoisotopic (exact) mass is 461 g/mol. The molecule has 0 saturated carbocycles. The lowest BCUT2D eigenvalue weighted by molar-refractivity contribution is -0.164. The molecule has 0 bridgehead atoms. The average Bonchev–Trinajstić information content (AvgIpc) is 2.75. The number of benzene rings is 2. The molecule has 172 valence electrons. The zero-order valence-electron chi connectivity index (χ0n) is 18.2. The maximum absolute atomic E-state index is 12.8. The van der Waals surface area contributed by atoms with E-state index in [-0.39, 0.29) is 13.0 Å². The van der Waals surface area contributed by atoms with Gasteiger partial charge in [0.2, 0.25) is 6.29 Å².